The molecule has 10 nitrogen and oxygen atoms in total. The molecule has 1 fully saturated rings. The maximum absolute atomic E-state index is 13.0. The number of carboxylic acid groups (broad SMARTS) is 2. The molecule has 0 radical (unpaired) electrons. The lowest BCUT2D eigenvalue weighted by molar-refractivity contribution is -0.194. The molecule has 3 atom stereocenters. The van der Waals surface area contributed by atoms with Crippen LogP contribution in [-0.2, 0) is 19.9 Å². The SMILES string of the molecule is CN1C(c2ccc3c(c2)OC(C(=O)O)(C(=O)O)O3)C12C(=O)NC(=O)c1ccc(Br)cc12. The Balaban J connectivity index is 1.58. The Labute approximate surface area is 182 Å². The highest BCUT2D eigenvalue weighted by atomic mass is 79.9. The highest BCUT2D eigenvalue weighted by Gasteiger charge is 2.70. The van der Waals surface area contributed by atoms with Crippen LogP contribution >= 0.6 is 15.9 Å². The molecular formula is C20H13BrN2O8. The van der Waals surface area contributed by atoms with Crippen LogP contribution < -0.4 is 14.8 Å². The van der Waals surface area contributed by atoms with E-state index >= 15 is 0 Å². The Morgan fingerprint density at radius 2 is 1.74 bits per heavy atom. The molecule has 3 aliphatic heterocycles. The summed E-state index contributed by atoms with van der Waals surface area (Å²) in [7, 11) is 1.72. The Bertz CT molecular complexity index is 1210. The highest BCUT2D eigenvalue weighted by molar-refractivity contribution is 9.10. The first-order chi connectivity index (χ1) is 14.6. The van der Waals surface area contributed by atoms with E-state index < -0.39 is 41.1 Å². The van der Waals surface area contributed by atoms with E-state index in [1.54, 1.807) is 36.2 Å². The van der Waals surface area contributed by atoms with Gasteiger partial charge < -0.3 is 19.7 Å². The summed E-state index contributed by atoms with van der Waals surface area (Å²) < 4.78 is 11.0. The van der Waals surface area contributed by atoms with Crippen molar-refractivity contribution < 1.29 is 38.9 Å². The predicted octanol–water partition coefficient (Wildman–Crippen LogP) is 1.24. The van der Waals surface area contributed by atoms with E-state index in [1.165, 1.54) is 12.1 Å². The minimum Gasteiger partial charge on any atom is -0.475 e. The molecule has 158 valence electrons. The molecule has 3 aliphatic rings. The predicted molar refractivity (Wildman–Crippen MR) is 104 cm³/mol. The van der Waals surface area contributed by atoms with Crippen LogP contribution in [0.5, 0.6) is 11.5 Å². The van der Waals surface area contributed by atoms with Crippen LogP contribution in [0.15, 0.2) is 40.9 Å². The Morgan fingerprint density at radius 1 is 1.06 bits per heavy atom. The molecule has 5 rings (SSSR count). The van der Waals surface area contributed by atoms with Crippen molar-refractivity contribution in [1.29, 1.82) is 0 Å². The monoisotopic (exact) mass is 488 g/mol. The lowest BCUT2D eigenvalue weighted by Crippen LogP contribution is -2.54. The molecule has 0 bridgehead atoms. The fourth-order valence-electron chi connectivity index (χ4n) is 4.38. The largest absolute Gasteiger partial charge is 0.475 e. The molecule has 31 heavy (non-hydrogen) atoms. The summed E-state index contributed by atoms with van der Waals surface area (Å²) in [5, 5.41) is 21.0. The molecule has 3 unspecified atom stereocenters. The van der Waals surface area contributed by atoms with E-state index in [0.717, 1.165) is 0 Å². The lowest BCUT2D eigenvalue weighted by Gasteiger charge is -2.25. The van der Waals surface area contributed by atoms with Gasteiger partial charge in [0.2, 0.25) is 0 Å². The average Bonchev–Trinajstić information content (AvgIpc) is 3.12. The molecule has 2 aromatic rings. The second-order valence-electron chi connectivity index (χ2n) is 7.39. The van der Waals surface area contributed by atoms with Crippen molar-refractivity contribution in [3.8, 4) is 11.5 Å². The van der Waals surface area contributed by atoms with Gasteiger partial charge in [-0.05, 0) is 48.5 Å². The zero-order valence-corrected chi connectivity index (χ0v) is 17.3. The molecule has 3 heterocycles. The topological polar surface area (TPSA) is 142 Å². The van der Waals surface area contributed by atoms with Crippen molar-refractivity contribution in [3.63, 3.8) is 0 Å². The number of imide groups is 1. The number of aliphatic carboxylic acids is 2. The zero-order chi connectivity index (χ0) is 22.3. The van der Waals surface area contributed by atoms with Crippen molar-refractivity contribution in [2.24, 2.45) is 0 Å². The van der Waals surface area contributed by atoms with E-state index in [4.69, 9.17) is 9.47 Å². The number of benzene rings is 2. The first-order valence-electron chi connectivity index (χ1n) is 9.00. The van der Waals surface area contributed by atoms with Gasteiger partial charge in [-0.1, -0.05) is 22.0 Å². The van der Waals surface area contributed by atoms with Gasteiger partial charge in [0.15, 0.2) is 11.5 Å². The van der Waals surface area contributed by atoms with Gasteiger partial charge in [-0.2, -0.15) is 0 Å². The van der Waals surface area contributed by atoms with Crippen LogP contribution in [0.3, 0.4) is 0 Å². The van der Waals surface area contributed by atoms with Crippen LogP contribution in [0.1, 0.15) is 27.5 Å². The van der Waals surface area contributed by atoms with Gasteiger partial charge in [0.1, 0.15) is 5.54 Å². The smallest absolute Gasteiger partial charge is 0.453 e. The number of carbonyl (C=O) groups excluding carboxylic acids is 2. The Kier molecular flexibility index (Phi) is 3.81. The van der Waals surface area contributed by atoms with Gasteiger partial charge in [0.05, 0.1) is 6.04 Å². The van der Waals surface area contributed by atoms with Crippen LogP contribution in [0.2, 0.25) is 0 Å². The van der Waals surface area contributed by atoms with E-state index in [2.05, 4.69) is 21.2 Å². The normalized spacial score (nSPS) is 26.9. The second-order valence-corrected chi connectivity index (χ2v) is 8.31. The molecule has 1 saturated heterocycles. The zero-order valence-electron chi connectivity index (χ0n) is 15.7. The van der Waals surface area contributed by atoms with Gasteiger partial charge in [0, 0.05) is 10.0 Å². The van der Waals surface area contributed by atoms with Crippen LogP contribution in [-0.4, -0.2) is 51.7 Å². The molecule has 0 aromatic heterocycles. The number of carboxylic acids is 2. The third kappa shape index (κ3) is 2.35. The third-order valence-electron chi connectivity index (χ3n) is 5.84. The number of nitrogens with one attached hydrogen (secondary N) is 1. The molecule has 0 saturated carbocycles. The van der Waals surface area contributed by atoms with Gasteiger partial charge in [0.25, 0.3) is 11.8 Å². The molecule has 1 spiro atoms. The molecular weight excluding hydrogens is 476 g/mol. The van der Waals surface area contributed by atoms with E-state index in [9.17, 15) is 29.4 Å². The van der Waals surface area contributed by atoms with Crippen molar-refractivity contribution >= 4 is 39.7 Å². The number of carbonyl (C=O) groups is 4. The highest BCUT2D eigenvalue weighted by Crippen LogP contribution is 2.61. The van der Waals surface area contributed by atoms with Gasteiger partial charge >= 0.3 is 17.7 Å². The molecule has 3 N–H and O–H groups in total. The number of likely N-dealkylation sites (N-methyl/N-ethyl adjacent to an activating group) is 1. The molecule has 11 heteroatoms. The number of halogens is 1. The van der Waals surface area contributed by atoms with Gasteiger partial charge in [-0.25, -0.2) is 9.59 Å². The number of nitrogens with zero attached hydrogens (tertiary/aromatic N) is 1. The summed E-state index contributed by atoms with van der Waals surface area (Å²) >= 11 is 3.38. The summed E-state index contributed by atoms with van der Waals surface area (Å²) in [6.45, 7) is 0. The maximum atomic E-state index is 13.0. The summed E-state index contributed by atoms with van der Waals surface area (Å²) in [6.07, 6.45) is 0. The number of hydrogen-bond acceptors (Lipinski definition) is 7. The minimum absolute atomic E-state index is 0.0441. The standard InChI is InChI=1S/C20H13BrN2O8/c1-23-14(19(23)11-7-9(21)3-4-10(11)15(24)22-16(19)25)8-2-5-12-13(6-8)31-20(30-12,17(26)27)18(28)29/h2-7,14H,1H3,(H,26,27)(H,28,29)(H,22,24,25). The summed E-state index contributed by atoms with van der Waals surface area (Å²) in [4.78, 5) is 50.0. The summed E-state index contributed by atoms with van der Waals surface area (Å²) in [5.74, 6) is -7.57. The number of hydrogen-bond donors (Lipinski definition) is 3. The van der Waals surface area contributed by atoms with Gasteiger partial charge in [-0.3, -0.25) is 19.8 Å². The quantitative estimate of drug-likeness (QED) is 0.330. The van der Waals surface area contributed by atoms with Crippen molar-refractivity contribution in [1.82, 2.24) is 10.2 Å². The number of amides is 2. The summed E-state index contributed by atoms with van der Waals surface area (Å²) in [5.41, 5.74) is 0.309. The second kappa shape index (κ2) is 6.05. The fourth-order valence-corrected chi connectivity index (χ4v) is 4.74. The number of ether oxygens (including phenoxy) is 2. The van der Waals surface area contributed by atoms with Gasteiger partial charge in [-0.15, -0.1) is 0 Å². The first-order valence-corrected chi connectivity index (χ1v) is 9.79. The van der Waals surface area contributed by atoms with E-state index in [1.807, 2.05) is 0 Å². The molecule has 2 amide bonds. The number of rotatable bonds is 3. The van der Waals surface area contributed by atoms with Crippen LogP contribution in [0.4, 0.5) is 0 Å². The first kappa shape index (κ1) is 19.5. The fraction of sp³-hybridized carbons (Fsp3) is 0.200. The Morgan fingerprint density at radius 3 is 2.42 bits per heavy atom. The van der Waals surface area contributed by atoms with Crippen molar-refractivity contribution in [2.75, 3.05) is 7.05 Å². The maximum Gasteiger partial charge on any atom is 0.453 e. The average molecular weight is 489 g/mol. The van der Waals surface area contributed by atoms with E-state index in [-0.39, 0.29) is 11.5 Å². The van der Waals surface area contributed by atoms with Crippen molar-refractivity contribution in [2.45, 2.75) is 17.4 Å². The van der Waals surface area contributed by atoms with E-state index in [0.29, 0.717) is 21.2 Å². The third-order valence-corrected chi connectivity index (χ3v) is 6.33. The van der Waals surface area contributed by atoms with Crippen molar-refractivity contribution in [3.05, 3.63) is 57.6 Å². The lowest BCUT2D eigenvalue weighted by atomic mass is 9.84. The minimum atomic E-state index is -2.87. The molecule has 0 aliphatic carbocycles. The Hall–Kier alpha value is -3.44. The number of fused-ring (bicyclic) bond motifs is 3. The van der Waals surface area contributed by atoms with Crippen LogP contribution in [0, 0.1) is 0 Å². The summed E-state index contributed by atoms with van der Waals surface area (Å²) in [6, 6.07) is 8.98. The molecule has 2 aromatic carbocycles. The van der Waals surface area contributed by atoms with Crippen LogP contribution in [0.25, 0.3) is 0 Å².